The van der Waals surface area contributed by atoms with Crippen molar-refractivity contribution in [3.63, 3.8) is 0 Å². The van der Waals surface area contributed by atoms with E-state index in [1.54, 1.807) is 11.3 Å². The first-order valence-corrected chi connectivity index (χ1v) is 12.3. The van der Waals surface area contributed by atoms with Gasteiger partial charge in [0.2, 0.25) is 15.9 Å². The number of H-pyrrole nitrogens is 1. The number of carbonyl (C=O) groups excluding carboxylic acids is 1. The van der Waals surface area contributed by atoms with E-state index in [1.807, 2.05) is 48.0 Å². The molecule has 0 aliphatic carbocycles. The first-order valence-electron chi connectivity index (χ1n) is 9.94. The standard InChI is InChI=1S/C23H23N3O4S2/c1-15(27)26-21-12-16(9-10-22(21)30-2)32(28,29)25-14-19(23-8-5-11-31-23)18-13-24-20-7-4-3-6-17(18)20/h3-13,19,24-25H,14H2,1-2H3,(H,26,27)/t19-/m0/s1. The molecule has 0 radical (unpaired) electrons. The molecule has 0 spiro atoms. The Morgan fingerprint density at radius 2 is 1.97 bits per heavy atom. The number of methoxy groups -OCH3 is 1. The lowest BCUT2D eigenvalue weighted by Gasteiger charge is -2.17. The molecule has 32 heavy (non-hydrogen) atoms. The molecule has 4 aromatic rings. The SMILES string of the molecule is COc1ccc(S(=O)(=O)NC[C@H](c2cccs2)c2c[nH]c3ccccc23)cc1NC(C)=O. The number of fused-ring (bicyclic) bond motifs is 1. The van der Waals surface area contributed by atoms with Gasteiger partial charge in [-0.3, -0.25) is 4.79 Å². The molecule has 2 aromatic heterocycles. The Balaban J connectivity index is 1.64. The number of thiophene rings is 1. The zero-order valence-electron chi connectivity index (χ0n) is 17.6. The van der Waals surface area contributed by atoms with Crippen LogP contribution in [0, 0.1) is 0 Å². The lowest BCUT2D eigenvalue weighted by Crippen LogP contribution is -2.29. The van der Waals surface area contributed by atoms with Crippen molar-refractivity contribution >= 4 is 43.9 Å². The number of anilines is 1. The number of nitrogens with one attached hydrogen (secondary N) is 3. The van der Waals surface area contributed by atoms with Crippen LogP contribution in [0.25, 0.3) is 10.9 Å². The summed E-state index contributed by atoms with van der Waals surface area (Å²) in [5, 5.41) is 5.65. The molecule has 1 atom stereocenters. The highest BCUT2D eigenvalue weighted by Crippen LogP contribution is 2.33. The molecule has 0 saturated carbocycles. The van der Waals surface area contributed by atoms with Gasteiger partial charge in [0.25, 0.3) is 0 Å². The fourth-order valence-electron chi connectivity index (χ4n) is 3.65. The van der Waals surface area contributed by atoms with Crippen LogP contribution in [0.2, 0.25) is 0 Å². The second kappa shape index (κ2) is 9.15. The Bertz CT molecular complexity index is 1340. The summed E-state index contributed by atoms with van der Waals surface area (Å²) in [5.74, 6) is -0.0914. The summed E-state index contributed by atoms with van der Waals surface area (Å²) >= 11 is 1.59. The predicted molar refractivity (Wildman–Crippen MR) is 127 cm³/mol. The summed E-state index contributed by atoms with van der Waals surface area (Å²) < 4.78 is 34.2. The number of amides is 1. The molecular weight excluding hydrogens is 446 g/mol. The average Bonchev–Trinajstić information content (AvgIpc) is 3.44. The Labute approximate surface area is 190 Å². The van der Waals surface area contributed by atoms with E-state index in [2.05, 4.69) is 15.0 Å². The van der Waals surface area contributed by atoms with Crippen molar-refractivity contribution in [3.05, 3.63) is 76.6 Å². The third-order valence-electron chi connectivity index (χ3n) is 5.15. The largest absolute Gasteiger partial charge is 0.495 e. The van der Waals surface area contributed by atoms with Gasteiger partial charge in [-0.05, 0) is 41.3 Å². The van der Waals surface area contributed by atoms with E-state index in [0.29, 0.717) is 11.4 Å². The zero-order chi connectivity index (χ0) is 22.7. The van der Waals surface area contributed by atoms with Crippen LogP contribution in [0.1, 0.15) is 23.3 Å². The van der Waals surface area contributed by atoms with E-state index in [-0.39, 0.29) is 23.3 Å². The topological polar surface area (TPSA) is 100 Å². The number of para-hydroxylation sites is 1. The number of hydrogen-bond acceptors (Lipinski definition) is 5. The van der Waals surface area contributed by atoms with E-state index < -0.39 is 10.0 Å². The Morgan fingerprint density at radius 1 is 1.16 bits per heavy atom. The molecule has 0 bridgehead atoms. The number of benzene rings is 2. The second-order valence-corrected chi connectivity index (χ2v) is 10.00. The third-order valence-corrected chi connectivity index (χ3v) is 7.56. The number of hydrogen-bond donors (Lipinski definition) is 3. The summed E-state index contributed by atoms with van der Waals surface area (Å²) in [4.78, 5) is 15.9. The van der Waals surface area contributed by atoms with Crippen LogP contribution in [0.4, 0.5) is 5.69 Å². The molecule has 9 heteroatoms. The monoisotopic (exact) mass is 469 g/mol. The van der Waals surface area contributed by atoms with Crippen LogP contribution in [0.15, 0.2) is 71.1 Å². The fourth-order valence-corrected chi connectivity index (χ4v) is 5.57. The first-order chi connectivity index (χ1) is 15.4. The normalized spacial score (nSPS) is 12.6. The van der Waals surface area contributed by atoms with Crippen molar-refractivity contribution in [3.8, 4) is 5.75 Å². The molecule has 1 amide bonds. The van der Waals surface area contributed by atoms with Gasteiger partial charge >= 0.3 is 0 Å². The van der Waals surface area contributed by atoms with Crippen molar-refractivity contribution < 1.29 is 17.9 Å². The van der Waals surface area contributed by atoms with E-state index in [0.717, 1.165) is 21.3 Å². The van der Waals surface area contributed by atoms with Gasteiger partial charge in [0.05, 0.1) is 17.7 Å². The fraction of sp³-hybridized carbons (Fsp3) is 0.174. The maximum atomic E-state index is 13.1. The first kappa shape index (κ1) is 22.1. The molecule has 2 aromatic carbocycles. The minimum atomic E-state index is -3.84. The van der Waals surface area contributed by atoms with Gasteiger partial charge in [0, 0.05) is 41.4 Å². The van der Waals surface area contributed by atoms with Gasteiger partial charge in [0.1, 0.15) is 5.75 Å². The molecular formula is C23H23N3O4S2. The van der Waals surface area contributed by atoms with Crippen molar-refractivity contribution in [2.45, 2.75) is 17.7 Å². The smallest absolute Gasteiger partial charge is 0.240 e. The van der Waals surface area contributed by atoms with E-state index in [1.165, 1.54) is 32.2 Å². The summed E-state index contributed by atoms with van der Waals surface area (Å²) in [5.41, 5.74) is 2.33. The molecule has 0 fully saturated rings. The Kier molecular flexibility index (Phi) is 6.31. The van der Waals surface area contributed by atoms with Crippen LogP contribution in [0.3, 0.4) is 0 Å². The van der Waals surface area contributed by atoms with Gasteiger partial charge in [0.15, 0.2) is 0 Å². The molecule has 4 rings (SSSR count). The van der Waals surface area contributed by atoms with Crippen molar-refractivity contribution in [2.75, 3.05) is 19.0 Å². The van der Waals surface area contributed by atoms with Crippen LogP contribution < -0.4 is 14.8 Å². The van der Waals surface area contributed by atoms with Crippen LogP contribution >= 0.6 is 11.3 Å². The maximum Gasteiger partial charge on any atom is 0.240 e. The zero-order valence-corrected chi connectivity index (χ0v) is 19.2. The number of rotatable bonds is 8. The number of carbonyl (C=O) groups is 1. The van der Waals surface area contributed by atoms with Crippen LogP contribution in [-0.4, -0.2) is 33.0 Å². The quantitative estimate of drug-likeness (QED) is 0.358. The average molecular weight is 470 g/mol. The van der Waals surface area contributed by atoms with Gasteiger partial charge in [-0.25, -0.2) is 13.1 Å². The Morgan fingerprint density at radius 3 is 2.69 bits per heavy atom. The minimum Gasteiger partial charge on any atom is -0.495 e. The Hall–Kier alpha value is -3.14. The lowest BCUT2D eigenvalue weighted by molar-refractivity contribution is -0.114. The van der Waals surface area contributed by atoms with Crippen molar-refractivity contribution in [1.29, 1.82) is 0 Å². The minimum absolute atomic E-state index is 0.0471. The summed E-state index contributed by atoms with van der Waals surface area (Å²) in [7, 11) is -2.38. The van der Waals surface area contributed by atoms with Gasteiger partial charge < -0.3 is 15.0 Å². The van der Waals surface area contributed by atoms with E-state index in [4.69, 9.17) is 4.74 Å². The maximum absolute atomic E-state index is 13.1. The molecule has 166 valence electrons. The number of sulfonamides is 1. The molecule has 0 unspecified atom stereocenters. The second-order valence-electron chi connectivity index (χ2n) is 7.25. The molecule has 2 heterocycles. The summed E-state index contributed by atoms with van der Waals surface area (Å²) in [6, 6.07) is 16.3. The van der Waals surface area contributed by atoms with E-state index >= 15 is 0 Å². The van der Waals surface area contributed by atoms with Gasteiger partial charge in [-0.2, -0.15) is 0 Å². The molecule has 7 nitrogen and oxygen atoms in total. The highest BCUT2D eigenvalue weighted by Gasteiger charge is 2.23. The molecule has 0 saturated heterocycles. The highest BCUT2D eigenvalue weighted by atomic mass is 32.2. The third kappa shape index (κ3) is 4.55. The molecule has 0 aliphatic rings. The lowest BCUT2D eigenvalue weighted by atomic mass is 9.97. The van der Waals surface area contributed by atoms with Crippen LogP contribution in [-0.2, 0) is 14.8 Å². The van der Waals surface area contributed by atoms with Crippen molar-refractivity contribution in [1.82, 2.24) is 9.71 Å². The molecule has 3 N–H and O–H groups in total. The van der Waals surface area contributed by atoms with Crippen LogP contribution in [0.5, 0.6) is 5.75 Å². The predicted octanol–water partition coefficient (Wildman–Crippen LogP) is 4.31. The molecule has 0 aliphatic heterocycles. The number of aromatic nitrogens is 1. The van der Waals surface area contributed by atoms with Gasteiger partial charge in [-0.15, -0.1) is 11.3 Å². The van der Waals surface area contributed by atoms with E-state index in [9.17, 15) is 13.2 Å². The number of ether oxygens (including phenoxy) is 1. The highest BCUT2D eigenvalue weighted by molar-refractivity contribution is 7.89. The summed E-state index contributed by atoms with van der Waals surface area (Å²) in [6.07, 6.45) is 1.94. The summed E-state index contributed by atoms with van der Waals surface area (Å²) in [6.45, 7) is 1.54. The number of aromatic amines is 1. The van der Waals surface area contributed by atoms with Gasteiger partial charge in [-0.1, -0.05) is 24.3 Å². The van der Waals surface area contributed by atoms with Crippen molar-refractivity contribution in [2.24, 2.45) is 0 Å².